The molecule has 1 aromatic carbocycles. The Hall–Kier alpha value is -2.40. The van der Waals surface area contributed by atoms with E-state index < -0.39 is 0 Å². The summed E-state index contributed by atoms with van der Waals surface area (Å²) in [5, 5.41) is 6.36. The fraction of sp³-hybridized carbons (Fsp3) is 0.381. The standard InChI is InChI=1S/C21H24ClN3O2/c1-13-8-14(2)19(18(22)9-13)25-21(27)16-10-15(11-23-12-16)20(26)24-17-6-4-3-5-7-17/h8-12,17H,3-7H2,1-2H3,(H,24,26)(H,25,27). The molecule has 2 aromatic rings. The average Bonchev–Trinajstić information content (AvgIpc) is 2.65. The highest BCUT2D eigenvalue weighted by Gasteiger charge is 2.18. The van der Waals surface area contributed by atoms with Gasteiger partial charge < -0.3 is 10.6 Å². The molecule has 0 atom stereocenters. The van der Waals surface area contributed by atoms with E-state index in [1.165, 1.54) is 18.8 Å². The Morgan fingerprint density at radius 2 is 1.67 bits per heavy atom. The minimum atomic E-state index is -0.344. The van der Waals surface area contributed by atoms with Gasteiger partial charge in [0, 0.05) is 18.4 Å². The molecule has 1 aliphatic rings. The van der Waals surface area contributed by atoms with E-state index in [2.05, 4.69) is 15.6 Å². The zero-order chi connectivity index (χ0) is 19.4. The van der Waals surface area contributed by atoms with Crippen LogP contribution in [-0.4, -0.2) is 22.8 Å². The van der Waals surface area contributed by atoms with Crippen molar-refractivity contribution in [3.05, 3.63) is 57.9 Å². The molecule has 142 valence electrons. The molecule has 1 aliphatic carbocycles. The van der Waals surface area contributed by atoms with Crippen molar-refractivity contribution in [1.29, 1.82) is 0 Å². The molecule has 1 aromatic heterocycles. The van der Waals surface area contributed by atoms with Crippen molar-refractivity contribution in [3.8, 4) is 0 Å². The number of hydrogen-bond acceptors (Lipinski definition) is 3. The highest BCUT2D eigenvalue weighted by atomic mass is 35.5. The van der Waals surface area contributed by atoms with Crippen molar-refractivity contribution in [1.82, 2.24) is 10.3 Å². The van der Waals surface area contributed by atoms with Crippen molar-refractivity contribution in [3.63, 3.8) is 0 Å². The van der Waals surface area contributed by atoms with Gasteiger partial charge in [-0.15, -0.1) is 0 Å². The molecule has 0 aliphatic heterocycles. The smallest absolute Gasteiger partial charge is 0.257 e. The third-order valence-electron chi connectivity index (χ3n) is 4.87. The van der Waals surface area contributed by atoms with E-state index in [1.54, 1.807) is 12.1 Å². The SMILES string of the molecule is Cc1cc(C)c(NC(=O)c2cncc(C(=O)NC3CCCCC3)c2)c(Cl)c1. The normalized spacial score (nSPS) is 14.6. The molecule has 1 saturated carbocycles. The van der Waals surface area contributed by atoms with Crippen molar-refractivity contribution >= 4 is 29.1 Å². The zero-order valence-corrected chi connectivity index (χ0v) is 16.4. The van der Waals surface area contributed by atoms with Crippen molar-refractivity contribution in [2.24, 2.45) is 0 Å². The van der Waals surface area contributed by atoms with E-state index in [-0.39, 0.29) is 17.9 Å². The molecule has 2 amide bonds. The van der Waals surface area contributed by atoms with E-state index in [0.29, 0.717) is 21.8 Å². The van der Waals surface area contributed by atoms with Gasteiger partial charge >= 0.3 is 0 Å². The quantitative estimate of drug-likeness (QED) is 0.803. The van der Waals surface area contributed by atoms with E-state index in [9.17, 15) is 9.59 Å². The number of carbonyl (C=O) groups excluding carboxylic acids is 2. The molecular weight excluding hydrogens is 362 g/mol. The van der Waals surface area contributed by atoms with Gasteiger partial charge in [-0.25, -0.2) is 0 Å². The Bertz CT molecular complexity index is 837. The molecule has 1 heterocycles. The van der Waals surface area contributed by atoms with Gasteiger partial charge in [0.25, 0.3) is 11.8 Å². The first-order valence-corrected chi connectivity index (χ1v) is 9.66. The number of aryl methyl sites for hydroxylation is 2. The van der Waals surface area contributed by atoms with Crippen LogP contribution in [-0.2, 0) is 0 Å². The predicted molar refractivity (Wildman–Crippen MR) is 107 cm³/mol. The summed E-state index contributed by atoms with van der Waals surface area (Å²) in [4.78, 5) is 29.2. The van der Waals surface area contributed by atoms with Crippen molar-refractivity contribution < 1.29 is 9.59 Å². The zero-order valence-electron chi connectivity index (χ0n) is 15.6. The number of amides is 2. The summed E-state index contributed by atoms with van der Waals surface area (Å²) in [6, 6.07) is 5.53. The number of benzene rings is 1. The number of halogens is 1. The number of pyridine rings is 1. The molecule has 5 nitrogen and oxygen atoms in total. The lowest BCUT2D eigenvalue weighted by atomic mass is 9.95. The summed E-state index contributed by atoms with van der Waals surface area (Å²) < 4.78 is 0. The molecular formula is C21H24ClN3O2. The Morgan fingerprint density at radius 1 is 1.00 bits per heavy atom. The molecule has 6 heteroatoms. The summed E-state index contributed by atoms with van der Waals surface area (Å²) in [5.74, 6) is -0.530. The monoisotopic (exact) mass is 385 g/mol. The third-order valence-corrected chi connectivity index (χ3v) is 5.17. The van der Waals surface area contributed by atoms with E-state index in [1.807, 2.05) is 19.9 Å². The molecule has 0 bridgehead atoms. The van der Waals surface area contributed by atoms with Gasteiger partial charge in [0.1, 0.15) is 0 Å². The second kappa shape index (κ2) is 8.53. The van der Waals surface area contributed by atoms with Crippen LogP contribution < -0.4 is 10.6 Å². The fourth-order valence-electron chi connectivity index (χ4n) is 3.46. The lowest BCUT2D eigenvalue weighted by Crippen LogP contribution is -2.36. The fourth-order valence-corrected chi connectivity index (χ4v) is 3.83. The lowest BCUT2D eigenvalue weighted by molar-refractivity contribution is 0.0927. The van der Waals surface area contributed by atoms with Gasteiger partial charge in [-0.1, -0.05) is 36.9 Å². The van der Waals surface area contributed by atoms with Gasteiger partial charge in [-0.05, 0) is 49.9 Å². The molecule has 0 radical (unpaired) electrons. The van der Waals surface area contributed by atoms with Crippen LogP contribution in [0.1, 0.15) is 63.9 Å². The van der Waals surface area contributed by atoms with Crippen LogP contribution in [0, 0.1) is 13.8 Å². The van der Waals surface area contributed by atoms with E-state index in [0.717, 1.165) is 36.8 Å². The summed E-state index contributed by atoms with van der Waals surface area (Å²) in [7, 11) is 0. The minimum absolute atomic E-state index is 0.186. The summed E-state index contributed by atoms with van der Waals surface area (Å²) in [5.41, 5.74) is 3.19. The average molecular weight is 386 g/mol. The first kappa shape index (κ1) is 19.4. The van der Waals surface area contributed by atoms with Gasteiger partial charge in [-0.2, -0.15) is 0 Å². The van der Waals surface area contributed by atoms with Crippen LogP contribution in [0.5, 0.6) is 0 Å². The number of nitrogens with one attached hydrogen (secondary N) is 2. The Kier molecular flexibility index (Phi) is 6.11. The predicted octanol–water partition coefficient (Wildman–Crippen LogP) is 4.67. The molecule has 1 fully saturated rings. The maximum absolute atomic E-state index is 12.6. The highest BCUT2D eigenvalue weighted by molar-refractivity contribution is 6.34. The molecule has 2 N–H and O–H groups in total. The Balaban J connectivity index is 1.73. The number of rotatable bonds is 4. The molecule has 27 heavy (non-hydrogen) atoms. The number of hydrogen-bond donors (Lipinski definition) is 2. The topological polar surface area (TPSA) is 71.1 Å². The maximum atomic E-state index is 12.6. The first-order chi connectivity index (χ1) is 12.9. The lowest BCUT2D eigenvalue weighted by Gasteiger charge is -2.22. The van der Waals surface area contributed by atoms with Crippen LogP contribution in [0.3, 0.4) is 0 Å². The van der Waals surface area contributed by atoms with E-state index >= 15 is 0 Å². The largest absolute Gasteiger partial charge is 0.349 e. The summed E-state index contributed by atoms with van der Waals surface area (Å²) >= 11 is 6.26. The summed E-state index contributed by atoms with van der Waals surface area (Å²) in [6.45, 7) is 3.84. The van der Waals surface area contributed by atoms with Crippen molar-refractivity contribution in [2.45, 2.75) is 52.0 Å². The van der Waals surface area contributed by atoms with Gasteiger partial charge in [0.2, 0.25) is 0 Å². The van der Waals surface area contributed by atoms with Crippen LogP contribution in [0.15, 0.2) is 30.6 Å². The van der Waals surface area contributed by atoms with Crippen LogP contribution in [0.4, 0.5) is 5.69 Å². The van der Waals surface area contributed by atoms with E-state index in [4.69, 9.17) is 11.6 Å². The number of carbonyl (C=O) groups is 2. The van der Waals surface area contributed by atoms with Gasteiger partial charge in [0.05, 0.1) is 21.8 Å². The molecule has 0 saturated heterocycles. The third kappa shape index (κ3) is 4.86. The Morgan fingerprint density at radius 3 is 2.33 bits per heavy atom. The minimum Gasteiger partial charge on any atom is -0.349 e. The van der Waals surface area contributed by atoms with Crippen LogP contribution in [0.2, 0.25) is 5.02 Å². The summed E-state index contributed by atoms with van der Waals surface area (Å²) in [6.07, 6.45) is 8.45. The number of aromatic nitrogens is 1. The van der Waals surface area contributed by atoms with Crippen LogP contribution >= 0.6 is 11.6 Å². The maximum Gasteiger partial charge on any atom is 0.257 e. The Labute approximate surface area is 164 Å². The second-order valence-corrected chi connectivity index (χ2v) is 7.57. The van der Waals surface area contributed by atoms with Crippen LogP contribution in [0.25, 0.3) is 0 Å². The van der Waals surface area contributed by atoms with Crippen molar-refractivity contribution in [2.75, 3.05) is 5.32 Å². The highest BCUT2D eigenvalue weighted by Crippen LogP contribution is 2.27. The first-order valence-electron chi connectivity index (χ1n) is 9.28. The molecule has 0 spiro atoms. The number of nitrogens with zero attached hydrogens (tertiary/aromatic N) is 1. The van der Waals surface area contributed by atoms with Gasteiger partial charge in [0.15, 0.2) is 0 Å². The van der Waals surface area contributed by atoms with Gasteiger partial charge in [-0.3, -0.25) is 14.6 Å². The number of anilines is 1. The molecule has 3 rings (SSSR count). The second-order valence-electron chi connectivity index (χ2n) is 7.16. The molecule has 0 unspecified atom stereocenters.